The molecular weight excluding hydrogens is 378 g/mol. The highest BCUT2D eigenvalue weighted by molar-refractivity contribution is 7.89. The summed E-state index contributed by atoms with van der Waals surface area (Å²) in [5.74, 6) is 0.185. The molecule has 1 aromatic rings. The zero-order valence-corrected chi connectivity index (χ0v) is 17.5. The van der Waals surface area contributed by atoms with Gasteiger partial charge in [-0.25, -0.2) is 8.42 Å². The van der Waals surface area contributed by atoms with Gasteiger partial charge in [-0.15, -0.1) is 0 Å². The molecule has 2 aliphatic rings. The van der Waals surface area contributed by atoms with Crippen molar-refractivity contribution in [3.63, 3.8) is 0 Å². The minimum Gasteiger partial charge on any atom is -0.495 e. The summed E-state index contributed by atoms with van der Waals surface area (Å²) in [6.45, 7) is 3.25. The van der Waals surface area contributed by atoms with Gasteiger partial charge in [-0.3, -0.25) is 9.69 Å². The molecule has 28 heavy (non-hydrogen) atoms. The fourth-order valence-corrected chi connectivity index (χ4v) is 5.60. The van der Waals surface area contributed by atoms with Crippen LogP contribution in [0.3, 0.4) is 0 Å². The van der Waals surface area contributed by atoms with E-state index in [9.17, 15) is 13.2 Å². The summed E-state index contributed by atoms with van der Waals surface area (Å²) < 4.78 is 33.0. The fraction of sp³-hybridized carbons (Fsp3) is 0.650. The van der Waals surface area contributed by atoms with Crippen LogP contribution in [0.1, 0.15) is 44.9 Å². The maximum atomic E-state index is 13.1. The van der Waals surface area contributed by atoms with Crippen molar-refractivity contribution in [1.82, 2.24) is 9.21 Å². The topological polar surface area (TPSA) is 79.0 Å². The number of nitrogens with one attached hydrogen (secondary N) is 1. The van der Waals surface area contributed by atoms with Crippen LogP contribution in [0.2, 0.25) is 0 Å². The number of anilines is 1. The van der Waals surface area contributed by atoms with Crippen LogP contribution in [-0.2, 0) is 14.8 Å². The van der Waals surface area contributed by atoms with Gasteiger partial charge in [0.1, 0.15) is 10.6 Å². The van der Waals surface area contributed by atoms with E-state index in [-0.39, 0.29) is 10.8 Å². The van der Waals surface area contributed by atoms with E-state index in [1.807, 2.05) is 0 Å². The molecule has 2 aliphatic heterocycles. The Balaban J connectivity index is 1.73. The third-order valence-electron chi connectivity index (χ3n) is 5.45. The van der Waals surface area contributed by atoms with E-state index in [1.54, 1.807) is 12.1 Å². The zero-order chi connectivity index (χ0) is 20.0. The first-order valence-corrected chi connectivity index (χ1v) is 11.6. The van der Waals surface area contributed by atoms with Gasteiger partial charge in [0.2, 0.25) is 15.9 Å². The Morgan fingerprint density at radius 3 is 2.25 bits per heavy atom. The number of likely N-dealkylation sites (tertiary alicyclic amines) is 1. The predicted molar refractivity (Wildman–Crippen MR) is 109 cm³/mol. The molecule has 1 N–H and O–H groups in total. The average Bonchev–Trinajstić information content (AvgIpc) is 2.97. The standard InChI is InChI=1S/C20H31N3O4S/c1-27-18-10-9-17(21-20(24)16-22-11-5-2-3-6-12-22)15-19(18)28(25,26)23-13-7-4-8-14-23/h9-10,15H,2-8,11-14,16H2,1H3,(H,21,24). The Labute approximate surface area is 168 Å². The van der Waals surface area contributed by atoms with Crippen molar-refractivity contribution in [3.8, 4) is 5.75 Å². The third kappa shape index (κ3) is 5.24. The second-order valence-corrected chi connectivity index (χ2v) is 9.48. The van der Waals surface area contributed by atoms with Crippen molar-refractivity contribution >= 4 is 21.6 Å². The number of hydrogen-bond donors (Lipinski definition) is 1. The van der Waals surface area contributed by atoms with Crippen molar-refractivity contribution in [3.05, 3.63) is 18.2 Å². The molecule has 2 saturated heterocycles. The first kappa shape index (κ1) is 21.1. The summed E-state index contributed by atoms with van der Waals surface area (Å²) >= 11 is 0. The molecule has 2 heterocycles. The monoisotopic (exact) mass is 409 g/mol. The van der Waals surface area contributed by atoms with E-state index in [0.717, 1.165) is 45.2 Å². The van der Waals surface area contributed by atoms with Crippen LogP contribution in [0.4, 0.5) is 5.69 Å². The molecule has 2 fully saturated rings. The highest BCUT2D eigenvalue weighted by atomic mass is 32.2. The molecule has 0 spiro atoms. The van der Waals surface area contributed by atoms with Crippen LogP contribution < -0.4 is 10.1 Å². The van der Waals surface area contributed by atoms with Gasteiger partial charge in [0.25, 0.3) is 0 Å². The average molecular weight is 410 g/mol. The number of carbonyl (C=O) groups is 1. The van der Waals surface area contributed by atoms with Gasteiger partial charge < -0.3 is 10.1 Å². The van der Waals surface area contributed by atoms with E-state index in [2.05, 4.69) is 10.2 Å². The zero-order valence-electron chi connectivity index (χ0n) is 16.7. The van der Waals surface area contributed by atoms with E-state index in [4.69, 9.17) is 4.74 Å². The van der Waals surface area contributed by atoms with Crippen LogP contribution in [0.5, 0.6) is 5.75 Å². The summed E-state index contributed by atoms with van der Waals surface area (Å²) in [6, 6.07) is 4.82. The summed E-state index contributed by atoms with van der Waals surface area (Å²) in [5.41, 5.74) is 0.483. The minimum atomic E-state index is -3.65. The number of ether oxygens (including phenoxy) is 1. The third-order valence-corrected chi connectivity index (χ3v) is 7.37. The lowest BCUT2D eigenvalue weighted by atomic mass is 10.2. The molecule has 3 rings (SSSR count). The Morgan fingerprint density at radius 2 is 1.61 bits per heavy atom. The molecule has 1 amide bonds. The molecule has 0 atom stereocenters. The Bertz CT molecular complexity index is 768. The van der Waals surface area contributed by atoms with Crippen molar-refractivity contribution < 1.29 is 17.9 Å². The first-order valence-electron chi connectivity index (χ1n) is 10.2. The first-order chi connectivity index (χ1) is 13.5. The lowest BCUT2D eigenvalue weighted by Gasteiger charge is -2.26. The summed E-state index contributed by atoms with van der Waals surface area (Å²) in [7, 11) is -2.19. The highest BCUT2D eigenvalue weighted by Crippen LogP contribution is 2.31. The number of amides is 1. The van der Waals surface area contributed by atoms with E-state index >= 15 is 0 Å². The molecule has 156 valence electrons. The molecule has 7 nitrogen and oxygen atoms in total. The molecule has 1 aromatic carbocycles. The minimum absolute atomic E-state index is 0.115. The maximum absolute atomic E-state index is 13.1. The molecule has 0 radical (unpaired) electrons. The molecule has 8 heteroatoms. The van der Waals surface area contributed by atoms with Crippen LogP contribution in [-0.4, -0.2) is 63.4 Å². The smallest absolute Gasteiger partial charge is 0.246 e. The summed E-state index contributed by atoms with van der Waals surface area (Å²) in [6.07, 6.45) is 7.46. The molecule has 0 bridgehead atoms. The lowest BCUT2D eigenvalue weighted by molar-refractivity contribution is -0.117. The van der Waals surface area contributed by atoms with Gasteiger partial charge in [0, 0.05) is 18.8 Å². The van der Waals surface area contributed by atoms with Crippen LogP contribution >= 0.6 is 0 Å². The summed E-state index contributed by atoms with van der Waals surface area (Å²) in [5, 5.41) is 2.86. The lowest BCUT2D eigenvalue weighted by Crippen LogP contribution is -2.36. The Hall–Kier alpha value is -1.64. The number of nitrogens with zero attached hydrogens (tertiary/aromatic N) is 2. The molecular formula is C20H31N3O4S. The molecule has 0 saturated carbocycles. The number of piperidine rings is 1. The SMILES string of the molecule is COc1ccc(NC(=O)CN2CCCCCC2)cc1S(=O)(=O)N1CCCCC1. The summed E-state index contributed by atoms with van der Waals surface area (Å²) in [4.78, 5) is 14.7. The van der Waals surface area contributed by atoms with Crippen molar-refractivity contribution in [2.24, 2.45) is 0 Å². The van der Waals surface area contributed by atoms with E-state index in [1.165, 1.54) is 30.3 Å². The number of methoxy groups -OCH3 is 1. The number of carbonyl (C=O) groups excluding carboxylic acids is 1. The molecule has 0 aromatic heterocycles. The van der Waals surface area contributed by atoms with Crippen LogP contribution in [0.15, 0.2) is 23.1 Å². The second kappa shape index (κ2) is 9.71. The number of benzene rings is 1. The highest BCUT2D eigenvalue weighted by Gasteiger charge is 2.29. The van der Waals surface area contributed by atoms with Crippen LogP contribution in [0.25, 0.3) is 0 Å². The normalized spacial score (nSPS) is 19.8. The van der Waals surface area contributed by atoms with Gasteiger partial charge in [-0.2, -0.15) is 4.31 Å². The molecule has 0 aliphatic carbocycles. The molecule has 0 unspecified atom stereocenters. The Morgan fingerprint density at radius 1 is 1.00 bits per heavy atom. The van der Waals surface area contributed by atoms with Crippen molar-refractivity contribution in [2.75, 3.05) is 45.2 Å². The second-order valence-electron chi connectivity index (χ2n) is 7.57. The van der Waals surface area contributed by atoms with Crippen molar-refractivity contribution in [1.29, 1.82) is 0 Å². The fourth-order valence-electron chi connectivity index (χ4n) is 3.90. The number of rotatable bonds is 6. The van der Waals surface area contributed by atoms with Gasteiger partial charge in [0.05, 0.1) is 13.7 Å². The maximum Gasteiger partial charge on any atom is 0.246 e. The van der Waals surface area contributed by atoms with Gasteiger partial charge in [-0.1, -0.05) is 19.3 Å². The van der Waals surface area contributed by atoms with Gasteiger partial charge in [0.15, 0.2) is 0 Å². The van der Waals surface area contributed by atoms with Crippen LogP contribution in [0, 0.1) is 0 Å². The quantitative estimate of drug-likeness (QED) is 0.781. The number of sulfonamides is 1. The number of hydrogen-bond acceptors (Lipinski definition) is 5. The Kier molecular flexibility index (Phi) is 7.31. The van der Waals surface area contributed by atoms with Gasteiger partial charge >= 0.3 is 0 Å². The van der Waals surface area contributed by atoms with E-state index in [0.29, 0.717) is 31.1 Å². The van der Waals surface area contributed by atoms with Gasteiger partial charge in [-0.05, 0) is 57.0 Å². The predicted octanol–water partition coefficient (Wildman–Crippen LogP) is 2.68. The largest absolute Gasteiger partial charge is 0.495 e. The van der Waals surface area contributed by atoms with Crippen molar-refractivity contribution in [2.45, 2.75) is 49.8 Å². The van der Waals surface area contributed by atoms with E-state index < -0.39 is 10.0 Å².